The minimum atomic E-state index is 1.08. The second-order valence-corrected chi connectivity index (χ2v) is 16.8. The second kappa shape index (κ2) is 14.5. The summed E-state index contributed by atoms with van der Waals surface area (Å²) in [7, 11) is 0. The summed E-state index contributed by atoms with van der Waals surface area (Å²) in [5, 5.41) is 7.59. The number of fused-ring (bicyclic) bond motifs is 7. The van der Waals surface area contributed by atoms with Gasteiger partial charge in [0.2, 0.25) is 0 Å². The Bertz CT molecular complexity index is 3540. The Hall–Kier alpha value is -7.72. The quantitative estimate of drug-likeness (QED) is 0.156. The van der Waals surface area contributed by atoms with Gasteiger partial charge in [-0.3, -0.25) is 0 Å². The monoisotopic (exact) mass is 794 g/mol. The first-order valence-corrected chi connectivity index (χ1v) is 21.6. The Morgan fingerprint density at radius 2 is 0.934 bits per heavy atom. The lowest BCUT2D eigenvalue weighted by atomic mass is 9.95. The van der Waals surface area contributed by atoms with Gasteiger partial charge < -0.3 is 9.47 Å². The summed E-state index contributed by atoms with van der Waals surface area (Å²) in [5.74, 6) is 0. The van der Waals surface area contributed by atoms with Crippen LogP contribution in [0.5, 0.6) is 0 Å². The smallest absolute Gasteiger partial charge is 0.0546 e. The van der Waals surface area contributed by atoms with Crippen LogP contribution in [0.2, 0.25) is 0 Å². The van der Waals surface area contributed by atoms with Crippen LogP contribution >= 0.6 is 11.3 Å². The van der Waals surface area contributed by atoms with Crippen molar-refractivity contribution in [2.75, 3.05) is 4.90 Å². The van der Waals surface area contributed by atoms with Crippen molar-refractivity contribution in [1.82, 2.24) is 4.57 Å². The summed E-state index contributed by atoms with van der Waals surface area (Å²) < 4.78 is 5.04. The number of aromatic nitrogens is 1. The van der Waals surface area contributed by atoms with E-state index in [1.54, 1.807) is 0 Å². The van der Waals surface area contributed by atoms with E-state index >= 15 is 0 Å². The Labute approximate surface area is 358 Å². The molecule has 0 spiro atoms. The first-order chi connectivity index (χ1) is 30.2. The first-order valence-electron chi connectivity index (χ1n) is 20.8. The minimum absolute atomic E-state index is 1.08. The van der Waals surface area contributed by atoms with Crippen molar-refractivity contribution in [3.8, 4) is 39.1 Å². The summed E-state index contributed by atoms with van der Waals surface area (Å²) in [6, 6.07) is 84.4. The van der Waals surface area contributed by atoms with E-state index in [4.69, 9.17) is 0 Å². The van der Waals surface area contributed by atoms with Gasteiger partial charge in [-0.1, -0.05) is 158 Å². The largest absolute Gasteiger partial charge is 0.310 e. The van der Waals surface area contributed by atoms with Gasteiger partial charge in [-0.15, -0.1) is 11.3 Å². The van der Waals surface area contributed by atoms with Crippen LogP contribution in [0.3, 0.4) is 0 Å². The van der Waals surface area contributed by atoms with Gasteiger partial charge in [0.05, 0.1) is 16.7 Å². The Kier molecular flexibility index (Phi) is 8.39. The third kappa shape index (κ3) is 6.09. The molecule has 2 nitrogen and oxygen atoms in total. The molecule has 0 N–H and O–H groups in total. The molecule has 2 heterocycles. The van der Waals surface area contributed by atoms with E-state index in [1.165, 1.54) is 75.0 Å². The fraction of sp³-hybridized carbons (Fsp3) is 0. The van der Waals surface area contributed by atoms with E-state index in [1.807, 2.05) is 11.3 Å². The van der Waals surface area contributed by atoms with E-state index in [0.29, 0.717) is 0 Å². The van der Waals surface area contributed by atoms with Crippen LogP contribution in [0.1, 0.15) is 0 Å². The molecule has 10 aromatic carbocycles. The van der Waals surface area contributed by atoms with Crippen LogP contribution in [-0.4, -0.2) is 4.57 Å². The van der Waals surface area contributed by atoms with Crippen molar-refractivity contribution in [2.45, 2.75) is 0 Å². The molecular weight excluding hydrogens is 757 g/mol. The predicted molar refractivity (Wildman–Crippen MR) is 262 cm³/mol. The lowest BCUT2D eigenvalue weighted by molar-refractivity contribution is 1.17. The maximum absolute atomic E-state index is 2.45. The zero-order valence-corrected chi connectivity index (χ0v) is 34.1. The molecule has 0 bridgehead atoms. The first kappa shape index (κ1) is 35.2. The summed E-state index contributed by atoms with van der Waals surface area (Å²) in [4.78, 5) is 2.45. The highest BCUT2D eigenvalue weighted by molar-refractivity contribution is 7.25. The molecule has 61 heavy (non-hydrogen) atoms. The van der Waals surface area contributed by atoms with Crippen molar-refractivity contribution in [2.24, 2.45) is 0 Å². The fourth-order valence-electron chi connectivity index (χ4n) is 9.23. The highest BCUT2D eigenvalue weighted by atomic mass is 32.1. The fourth-order valence-corrected chi connectivity index (χ4v) is 10.3. The molecular formula is C58H38N2S. The van der Waals surface area contributed by atoms with Crippen molar-refractivity contribution in [3.05, 3.63) is 231 Å². The van der Waals surface area contributed by atoms with Gasteiger partial charge in [-0.2, -0.15) is 0 Å². The molecule has 12 rings (SSSR count). The zero-order chi connectivity index (χ0) is 40.3. The van der Waals surface area contributed by atoms with Crippen molar-refractivity contribution in [1.29, 1.82) is 0 Å². The minimum Gasteiger partial charge on any atom is -0.310 e. The summed E-state index contributed by atoms with van der Waals surface area (Å²) in [6.45, 7) is 0. The number of para-hydroxylation sites is 2. The molecule has 0 atom stereocenters. The number of hydrogen-bond acceptors (Lipinski definition) is 2. The molecule has 0 amide bonds. The molecule has 286 valence electrons. The van der Waals surface area contributed by atoms with Crippen molar-refractivity contribution >= 4 is 81.1 Å². The molecule has 0 unspecified atom stereocenters. The molecule has 0 saturated carbocycles. The van der Waals surface area contributed by atoms with Gasteiger partial charge in [0.1, 0.15) is 0 Å². The SMILES string of the molecule is c1ccc(-c2ccc(-c3ccc4ccccc4c3)cc2N(c2ccc(-c3ccc4sc5ccccc5c4c3)cc2)c2cccc(-n3c4ccccc4c4ccccc43)c2)cc1. The Balaban J connectivity index is 1.07. The maximum Gasteiger partial charge on any atom is 0.0546 e. The number of nitrogens with zero attached hydrogens (tertiary/aromatic N) is 2. The van der Waals surface area contributed by atoms with Crippen LogP contribution in [0, 0.1) is 0 Å². The number of hydrogen-bond donors (Lipinski definition) is 0. The van der Waals surface area contributed by atoms with Gasteiger partial charge in [0.25, 0.3) is 0 Å². The molecule has 0 aliphatic carbocycles. The topological polar surface area (TPSA) is 8.17 Å². The number of anilines is 3. The summed E-state index contributed by atoms with van der Waals surface area (Å²) in [5.41, 5.74) is 13.8. The molecule has 0 radical (unpaired) electrons. The third-order valence-corrected chi connectivity index (χ3v) is 13.3. The molecule has 2 aromatic heterocycles. The molecule has 0 fully saturated rings. The molecule has 0 saturated heterocycles. The van der Waals surface area contributed by atoms with Gasteiger partial charge in [-0.05, 0) is 111 Å². The highest BCUT2D eigenvalue weighted by Gasteiger charge is 2.21. The third-order valence-electron chi connectivity index (χ3n) is 12.2. The lowest BCUT2D eigenvalue weighted by Gasteiger charge is -2.29. The number of thiophene rings is 1. The van der Waals surface area contributed by atoms with Gasteiger partial charge in [-0.25, -0.2) is 0 Å². The summed E-state index contributed by atoms with van der Waals surface area (Å²) >= 11 is 1.86. The Morgan fingerprint density at radius 1 is 0.328 bits per heavy atom. The van der Waals surface area contributed by atoms with E-state index in [0.717, 1.165) is 33.9 Å². The number of rotatable bonds is 7. The van der Waals surface area contributed by atoms with Gasteiger partial charge >= 0.3 is 0 Å². The highest BCUT2D eigenvalue weighted by Crippen LogP contribution is 2.45. The van der Waals surface area contributed by atoms with Gasteiger partial charge in [0.15, 0.2) is 0 Å². The van der Waals surface area contributed by atoms with Crippen LogP contribution in [0.15, 0.2) is 231 Å². The lowest BCUT2D eigenvalue weighted by Crippen LogP contribution is -2.12. The van der Waals surface area contributed by atoms with E-state index < -0.39 is 0 Å². The number of benzene rings is 10. The van der Waals surface area contributed by atoms with Crippen LogP contribution in [-0.2, 0) is 0 Å². The van der Waals surface area contributed by atoms with Crippen molar-refractivity contribution < 1.29 is 0 Å². The van der Waals surface area contributed by atoms with E-state index in [-0.39, 0.29) is 0 Å². The Morgan fingerprint density at radius 3 is 1.74 bits per heavy atom. The average molecular weight is 795 g/mol. The summed E-state index contributed by atoms with van der Waals surface area (Å²) in [6.07, 6.45) is 0. The normalized spacial score (nSPS) is 11.6. The van der Waals surface area contributed by atoms with Crippen molar-refractivity contribution in [3.63, 3.8) is 0 Å². The maximum atomic E-state index is 2.45. The standard InChI is InChI=1S/C58H38N2S/c1-2-14-41(15-3-1)49-33-29-45(43-26-25-39-13-4-5-16-42(39)35-43)37-56(49)59(46-31-27-40(28-32-46)44-30-34-58-53(36-44)52-21-8-11-24-57(52)61-58)47-17-12-18-48(38-47)60-54-22-9-6-19-50(54)51-20-7-10-23-55(51)60/h1-38H. The average Bonchev–Trinajstić information content (AvgIpc) is 3.88. The molecule has 0 aliphatic rings. The van der Waals surface area contributed by atoms with Crippen LogP contribution in [0.25, 0.3) is 91.8 Å². The van der Waals surface area contributed by atoms with E-state index in [2.05, 4.69) is 240 Å². The predicted octanol–water partition coefficient (Wildman–Crippen LogP) is 16.8. The van der Waals surface area contributed by atoms with Gasteiger partial charge in [0, 0.05) is 53.6 Å². The van der Waals surface area contributed by atoms with Crippen LogP contribution < -0.4 is 4.90 Å². The zero-order valence-electron chi connectivity index (χ0n) is 33.2. The van der Waals surface area contributed by atoms with Crippen LogP contribution in [0.4, 0.5) is 17.1 Å². The second-order valence-electron chi connectivity index (χ2n) is 15.7. The molecule has 3 heteroatoms. The molecule has 12 aromatic rings. The molecule has 0 aliphatic heterocycles. The van der Waals surface area contributed by atoms with E-state index in [9.17, 15) is 0 Å².